The average molecular weight is 318 g/mol. The third kappa shape index (κ3) is 2.45. The van der Waals surface area contributed by atoms with E-state index in [0.717, 1.165) is 11.0 Å². The summed E-state index contributed by atoms with van der Waals surface area (Å²) in [7, 11) is 0. The molecule has 0 atom stereocenters. The van der Waals surface area contributed by atoms with Crippen molar-refractivity contribution >= 4 is 32.9 Å². The van der Waals surface area contributed by atoms with E-state index < -0.39 is 0 Å². The van der Waals surface area contributed by atoms with Crippen LogP contribution in [0.2, 0.25) is 0 Å². The van der Waals surface area contributed by atoms with Crippen molar-refractivity contribution in [1.82, 2.24) is 9.55 Å². The molecule has 0 unspecified atom stereocenters. The first-order valence-corrected chi connectivity index (χ1v) is 5.15. The monoisotopic (exact) mass is 316 g/mol. The number of imidazole rings is 1. The molecule has 0 saturated heterocycles. The lowest BCUT2D eigenvalue weighted by molar-refractivity contribution is 1.05. The predicted molar refractivity (Wildman–Crippen MR) is 66.5 cm³/mol. The van der Waals surface area contributed by atoms with Crippen LogP contribution in [0.15, 0.2) is 43.0 Å². The molecular weight excluding hydrogens is 308 g/mol. The Bertz CT molecular complexity index is 368. The summed E-state index contributed by atoms with van der Waals surface area (Å²) in [6.07, 6.45) is 5.50. The van der Waals surface area contributed by atoms with Crippen LogP contribution in [-0.2, 0) is 5.33 Å². The van der Waals surface area contributed by atoms with Gasteiger partial charge in [0, 0.05) is 23.4 Å². The first kappa shape index (κ1) is 11.5. The van der Waals surface area contributed by atoms with E-state index in [1.54, 1.807) is 12.5 Å². The largest absolute Gasteiger partial charge is 0.306 e. The van der Waals surface area contributed by atoms with Gasteiger partial charge in [0.15, 0.2) is 0 Å². The van der Waals surface area contributed by atoms with Gasteiger partial charge < -0.3 is 4.57 Å². The van der Waals surface area contributed by atoms with Gasteiger partial charge in [-0.1, -0.05) is 28.1 Å². The van der Waals surface area contributed by atoms with Gasteiger partial charge in [-0.3, -0.25) is 0 Å². The van der Waals surface area contributed by atoms with Gasteiger partial charge in [-0.15, -0.1) is 17.0 Å². The second kappa shape index (κ2) is 5.32. The molecule has 14 heavy (non-hydrogen) atoms. The summed E-state index contributed by atoms with van der Waals surface area (Å²) in [5.41, 5.74) is 2.42. The first-order valence-electron chi connectivity index (χ1n) is 4.03. The van der Waals surface area contributed by atoms with Crippen LogP contribution < -0.4 is 0 Å². The van der Waals surface area contributed by atoms with Crippen molar-refractivity contribution in [2.75, 3.05) is 0 Å². The van der Waals surface area contributed by atoms with Crippen molar-refractivity contribution in [3.8, 4) is 5.69 Å². The summed E-state index contributed by atoms with van der Waals surface area (Å²) < 4.78 is 1.98. The highest BCUT2D eigenvalue weighted by molar-refractivity contribution is 9.08. The van der Waals surface area contributed by atoms with Crippen LogP contribution in [-0.4, -0.2) is 9.55 Å². The molecule has 2 rings (SSSR count). The van der Waals surface area contributed by atoms with Gasteiger partial charge in [0.25, 0.3) is 0 Å². The fourth-order valence-corrected chi connectivity index (χ4v) is 1.54. The van der Waals surface area contributed by atoms with E-state index in [2.05, 4.69) is 45.2 Å². The minimum Gasteiger partial charge on any atom is -0.306 e. The molecule has 0 aliphatic carbocycles. The van der Waals surface area contributed by atoms with E-state index in [4.69, 9.17) is 0 Å². The lowest BCUT2D eigenvalue weighted by Crippen LogP contribution is -1.89. The van der Waals surface area contributed by atoms with Crippen molar-refractivity contribution in [2.24, 2.45) is 0 Å². The molecule has 2 aromatic rings. The molecule has 0 N–H and O–H groups in total. The molecule has 4 heteroatoms. The van der Waals surface area contributed by atoms with Crippen molar-refractivity contribution in [3.05, 3.63) is 48.5 Å². The summed E-state index contributed by atoms with van der Waals surface area (Å²) in [6.45, 7) is 0. The van der Waals surface area contributed by atoms with Crippen LogP contribution in [0.1, 0.15) is 5.56 Å². The molecule has 0 saturated carbocycles. The van der Waals surface area contributed by atoms with E-state index in [9.17, 15) is 0 Å². The Hall–Kier alpha value is -0.610. The number of nitrogens with zero attached hydrogens (tertiary/aromatic N) is 2. The van der Waals surface area contributed by atoms with Gasteiger partial charge in [-0.05, 0) is 17.7 Å². The third-order valence-electron chi connectivity index (χ3n) is 1.89. The summed E-state index contributed by atoms with van der Waals surface area (Å²) >= 11 is 3.41. The van der Waals surface area contributed by atoms with Crippen molar-refractivity contribution in [2.45, 2.75) is 5.33 Å². The molecule has 1 aromatic heterocycles. The minimum atomic E-state index is 0. The fraction of sp³-hybridized carbons (Fsp3) is 0.100. The maximum absolute atomic E-state index is 3.99. The maximum atomic E-state index is 3.99. The standard InChI is InChI=1S/C10H9BrN2.BrH/c11-7-9-1-3-10(4-2-9)13-6-5-12-8-13;/h1-6,8H,7H2;1H. The normalized spacial score (nSPS) is 9.50. The number of hydrogen-bond acceptors (Lipinski definition) is 1. The van der Waals surface area contributed by atoms with Gasteiger partial charge in [-0.25, -0.2) is 4.98 Å². The summed E-state index contributed by atoms with van der Waals surface area (Å²) in [5, 5.41) is 0.900. The zero-order valence-corrected chi connectivity index (χ0v) is 10.7. The van der Waals surface area contributed by atoms with Crippen LogP contribution in [0, 0.1) is 0 Å². The number of aromatic nitrogens is 2. The summed E-state index contributed by atoms with van der Waals surface area (Å²) in [6, 6.07) is 8.37. The van der Waals surface area contributed by atoms with Crippen LogP contribution in [0.4, 0.5) is 0 Å². The van der Waals surface area contributed by atoms with E-state index >= 15 is 0 Å². The predicted octanol–water partition coefficient (Wildman–Crippen LogP) is 3.35. The molecule has 1 heterocycles. The Morgan fingerprint density at radius 2 is 1.93 bits per heavy atom. The zero-order chi connectivity index (χ0) is 9.10. The second-order valence-corrected chi connectivity index (χ2v) is 3.33. The minimum absolute atomic E-state index is 0. The van der Waals surface area contributed by atoms with Crippen LogP contribution >= 0.6 is 32.9 Å². The smallest absolute Gasteiger partial charge is 0.0991 e. The van der Waals surface area contributed by atoms with E-state index in [1.165, 1.54) is 5.56 Å². The molecule has 0 aliphatic heterocycles. The van der Waals surface area contributed by atoms with E-state index in [0.29, 0.717) is 0 Å². The van der Waals surface area contributed by atoms with Crippen molar-refractivity contribution < 1.29 is 0 Å². The average Bonchev–Trinajstić information content (AvgIpc) is 2.71. The number of benzene rings is 1. The van der Waals surface area contributed by atoms with Gasteiger partial charge in [0.2, 0.25) is 0 Å². The molecule has 0 aliphatic rings. The highest BCUT2D eigenvalue weighted by atomic mass is 79.9. The summed E-state index contributed by atoms with van der Waals surface area (Å²) in [4.78, 5) is 3.99. The van der Waals surface area contributed by atoms with Crippen molar-refractivity contribution in [3.63, 3.8) is 0 Å². The Kier molecular flexibility index (Phi) is 4.35. The molecular formula is C10H10Br2N2. The van der Waals surface area contributed by atoms with Gasteiger partial charge in [0.1, 0.15) is 0 Å². The molecule has 0 spiro atoms. The molecule has 0 fully saturated rings. The molecule has 0 bridgehead atoms. The van der Waals surface area contributed by atoms with Gasteiger partial charge in [0.05, 0.1) is 6.33 Å². The Morgan fingerprint density at radius 3 is 2.43 bits per heavy atom. The number of rotatable bonds is 2. The highest BCUT2D eigenvalue weighted by Crippen LogP contribution is 2.11. The van der Waals surface area contributed by atoms with Crippen LogP contribution in [0.5, 0.6) is 0 Å². The lowest BCUT2D eigenvalue weighted by Gasteiger charge is -2.01. The quantitative estimate of drug-likeness (QED) is 0.777. The lowest BCUT2D eigenvalue weighted by atomic mass is 10.2. The van der Waals surface area contributed by atoms with Gasteiger partial charge in [-0.2, -0.15) is 0 Å². The Labute approximate surface area is 102 Å². The number of alkyl halides is 1. The molecule has 0 radical (unpaired) electrons. The van der Waals surface area contributed by atoms with Crippen molar-refractivity contribution in [1.29, 1.82) is 0 Å². The van der Waals surface area contributed by atoms with Crippen LogP contribution in [0.3, 0.4) is 0 Å². The zero-order valence-electron chi connectivity index (χ0n) is 7.43. The van der Waals surface area contributed by atoms with E-state index in [-0.39, 0.29) is 17.0 Å². The molecule has 1 aromatic carbocycles. The molecule has 0 amide bonds. The first-order chi connectivity index (χ1) is 6.40. The second-order valence-electron chi connectivity index (χ2n) is 2.77. The fourth-order valence-electron chi connectivity index (χ4n) is 1.17. The Morgan fingerprint density at radius 1 is 1.21 bits per heavy atom. The number of halogens is 2. The highest BCUT2D eigenvalue weighted by Gasteiger charge is 1.94. The molecule has 2 nitrogen and oxygen atoms in total. The topological polar surface area (TPSA) is 17.8 Å². The van der Waals surface area contributed by atoms with E-state index in [1.807, 2.05) is 10.8 Å². The Balaban J connectivity index is 0.000000980. The van der Waals surface area contributed by atoms with Gasteiger partial charge >= 0.3 is 0 Å². The number of hydrogen-bond donors (Lipinski definition) is 0. The third-order valence-corrected chi connectivity index (χ3v) is 2.54. The SMILES string of the molecule is Br.BrCc1ccc(-n2ccnc2)cc1. The summed E-state index contributed by atoms with van der Waals surface area (Å²) in [5.74, 6) is 0. The molecule has 74 valence electrons. The maximum Gasteiger partial charge on any atom is 0.0991 e. The van der Waals surface area contributed by atoms with Crippen LogP contribution in [0.25, 0.3) is 5.69 Å².